The quantitative estimate of drug-likeness (QED) is 0.483. The van der Waals surface area contributed by atoms with Crippen LogP contribution in [-0.2, 0) is 16.1 Å². The van der Waals surface area contributed by atoms with E-state index in [1.54, 1.807) is 31.4 Å². The zero-order valence-electron chi connectivity index (χ0n) is 21.4. The minimum atomic E-state index is -0.194. The van der Waals surface area contributed by atoms with Gasteiger partial charge in [0, 0.05) is 30.3 Å². The first-order valence-electron chi connectivity index (χ1n) is 12.5. The number of aliphatic hydroxyl groups is 2. The lowest BCUT2D eigenvalue weighted by Crippen LogP contribution is -2.46. The number of aromatic nitrogens is 3. The molecule has 1 aromatic carbocycles. The molecule has 4 heterocycles. The lowest BCUT2D eigenvalue weighted by molar-refractivity contribution is 0.0973. The second-order valence-electron chi connectivity index (χ2n) is 9.40. The summed E-state index contributed by atoms with van der Waals surface area (Å²) in [5, 5.41) is 21.3. The average molecular weight is 508 g/mol. The number of anilines is 2. The molecule has 2 fully saturated rings. The number of methoxy groups -OCH3 is 1. The van der Waals surface area contributed by atoms with Crippen LogP contribution >= 0.6 is 0 Å². The van der Waals surface area contributed by atoms with Crippen molar-refractivity contribution in [3.63, 3.8) is 0 Å². The first kappa shape index (κ1) is 25.2. The summed E-state index contributed by atoms with van der Waals surface area (Å²) in [6.45, 7) is 7.98. The van der Waals surface area contributed by atoms with E-state index in [2.05, 4.69) is 23.6 Å². The van der Waals surface area contributed by atoms with E-state index in [9.17, 15) is 10.2 Å². The fourth-order valence-electron chi connectivity index (χ4n) is 4.78. The van der Waals surface area contributed by atoms with Crippen LogP contribution in [-0.4, -0.2) is 83.9 Å². The maximum Gasteiger partial charge on any atom is 0.229 e. The van der Waals surface area contributed by atoms with Crippen molar-refractivity contribution < 1.29 is 24.4 Å². The summed E-state index contributed by atoms with van der Waals surface area (Å²) in [6.07, 6.45) is 1.60. The molecule has 2 aliphatic heterocycles. The molecule has 0 bridgehead atoms. The van der Waals surface area contributed by atoms with Crippen molar-refractivity contribution in [1.29, 1.82) is 0 Å². The third-order valence-corrected chi connectivity index (χ3v) is 6.84. The van der Waals surface area contributed by atoms with E-state index in [4.69, 9.17) is 29.2 Å². The SMILES string of the molecule is COc1ccc(/C(O)=C/c2ccc3c(N4CCOC[C@@H]4C)nc(N4CCOC[C@@H]4C)nc3n2)cc1CO. The van der Waals surface area contributed by atoms with E-state index in [0.717, 1.165) is 17.7 Å². The highest BCUT2D eigenvalue weighted by atomic mass is 16.5. The van der Waals surface area contributed by atoms with Crippen LogP contribution in [0.3, 0.4) is 0 Å². The van der Waals surface area contributed by atoms with Crippen molar-refractivity contribution in [2.45, 2.75) is 32.5 Å². The zero-order chi connectivity index (χ0) is 25.9. The van der Waals surface area contributed by atoms with Gasteiger partial charge in [-0.2, -0.15) is 9.97 Å². The topological polar surface area (TPSA) is 113 Å². The van der Waals surface area contributed by atoms with Crippen molar-refractivity contribution in [3.8, 4) is 5.75 Å². The molecular formula is C27H33N5O5. The minimum absolute atomic E-state index is 0.0299. The van der Waals surface area contributed by atoms with Gasteiger partial charge in [0.1, 0.15) is 17.3 Å². The number of hydrogen-bond donors (Lipinski definition) is 2. The van der Waals surface area contributed by atoms with Crippen LogP contribution in [0.1, 0.15) is 30.7 Å². The second-order valence-corrected chi connectivity index (χ2v) is 9.40. The molecule has 2 aliphatic rings. The molecule has 2 aromatic heterocycles. The molecule has 0 aliphatic carbocycles. The summed E-state index contributed by atoms with van der Waals surface area (Å²) < 4.78 is 16.5. The number of hydrogen-bond acceptors (Lipinski definition) is 10. The van der Waals surface area contributed by atoms with E-state index >= 15 is 0 Å². The van der Waals surface area contributed by atoms with Gasteiger partial charge in [-0.05, 0) is 44.2 Å². The lowest BCUT2D eigenvalue weighted by atomic mass is 10.1. The number of ether oxygens (including phenoxy) is 3. The summed E-state index contributed by atoms with van der Waals surface area (Å²) in [7, 11) is 1.54. The van der Waals surface area contributed by atoms with E-state index in [-0.39, 0.29) is 24.4 Å². The molecule has 3 aromatic rings. The molecule has 0 saturated carbocycles. The number of rotatable bonds is 6. The van der Waals surface area contributed by atoms with Gasteiger partial charge in [-0.3, -0.25) is 0 Å². The molecule has 10 heteroatoms. The molecule has 0 amide bonds. The van der Waals surface area contributed by atoms with Crippen LogP contribution in [0, 0.1) is 0 Å². The van der Waals surface area contributed by atoms with E-state index in [1.807, 2.05) is 12.1 Å². The Kier molecular flexibility index (Phi) is 7.40. The van der Waals surface area contributed by atoms with Gasteiger partial charge in [0.2, 0.25) is 5.95 Å². The average Bonchev–Trinajstić information content (AvgIpc) is 2.92. The number of pyridine rings is 1. The number of aliphatic hydroxyl groups excluding tert-OH is 2. The largest absolute Gasteiger partial charge is 0.507 e. The Balaban J connectivity index is 1.57. The van der Waals surface area contributed by atoms with Crippen molar-refractivity contribution >= 4 is 34.6 Å². The molecule has 0 unspecified atom stereocenters. The van der Waals surface area contributed by atoms with Crippen molar-refractivity contribution in [1.82, 2.24) is 15.0 Å². The van der Waals surface area contributed by atoms with E-state index in [0.29, 0.717) is 67.1 Å². The maximum atomic E-state index is 10.8. The highest BCUT2D eigenvalue weighted by Crippen LogP contribution is 2.30. The van der Waals surface area contributed by atoms with Crippen LogP contribution in [0.15, 0.2) is 30.3 Å². The normalized spacial score (nSPS) is 20.9. The predicted molar refractivity (Wildman–Crippen MR) is 142 cm³/mol. The van der Waals surface area contributed by atoms with Crippen LogP contribution in [0.2, 0.25) is 0 Å². The molecule has 2 N–H and O–H groups in total. The van der Waals surface area contributed by atoms with Crippen LogP contribution in [0.4, 0.5) is 11.8 Å². The summed E-state index contributed by atoms with van der Waals surface area (Å²) in [4.78, 5) is 19.1. The Morgan fingerprint density at radius 1 is 1.03 bits per heavy atom. The van der Waals surface area contributed by atoms with Gasteiger partial charge >= 0.3 is 0 Å². The Hall–Kier alpha value is -3.47. The smallest absolute Gasteiger partial charge is 0.229 e. The summed E-state index contributed by atoms with van der Waals surface area (Å²) in [6, 6.07) is 9.28. The van der Waals surface area contributed by atoms with E-state index < -0.39 is 0 Å². The Morgan fingerprint density at radius 3 is 2.43 bits per heavy atom. The molecule has 0 radical (unpaired) electrons. The van der Waals surface area contributed by atoms with Gasteiger partial charge in [-0.1, -0.05) is 0 Å². The van der Waals surface area contributed by atoms with Crippen molar-refractivity contribution in [2.75, 3.05) is 56.4 Å². The van der Waals surface area contributed by atoms with E-state index in [1.165, 1.54) is 0 Å². The molecule has 0 spiro atoms. The number of nitrogens with zero attached hydrogens (tertiary/aromatic N) is 5. The molecule has 2 atom stereocenters. The number of benzene rings is 1. The molecule has 196 valence electrons. The Labute approximate surface area is 216 Å². The summed E-state index contributed by atoms with van der Waals surface area (Å²) in [5.74, 6) is 2.05. The first-order chi connectivity index (χ1) is 18.0. The summed E-state index contributed by atoms with van der Waals surface area (Å²) >= 11 is 0. The predicted octanol–water partition coefficient (Wildman–Crippen LogP) is 3.03. The summed E-state index contributed by atoms with van der Waals surface area (Å²) in [5.41, 5.74) is 2.27. The maximum absolute atomic E-state index is 10.8. The van der Waals surface area contributed by atoms with Crippen LogP contribution < -0.4 is 14.5 Å². The minimum Gasteiger partial charge on any atom is -0.507 e. The monoisotopic (exact) mass is 507 g/mol. The third kappa shape index (κ3) is 5.18. The zero-order valence-corrected chi connectivity index (χ0v) is 21.4. The van der Waals surface area contributed by atoms with Gasteiger partial charge < -0.3 is 34.2 Å². The highest BCUT2D eigenvalue weighted by molar-refractivity contribution is 5.90. The number of morpholine rings is 2. The van der Waals surface area contributed by atoms with Crippen molar-refractivity contribution in [3.05, 3.63) is 47.2 Å². The second kappa shape index (κ2) is 10.9. The lowest BCUT2D eigenvalue weighted by Gasteiger charge is -2.37. The highest BCUT2D eigenvalue weighted by Gasteiger charge is 2.27. The third-order valence-electron chi connectivity index (χ3n) is 6.84. The van der Waals surface area contributed by atoms with Gasteiger partial charge in [0.15, 0.2) is 5.65 Å². The molecule has 37 heavy (non-hydrogen) atoms. The number of fused-ring (bicyclic) bond motifs is 1. The van der Waals surface area contributed by atoms with Gasteiger partial charge in [-0.25, -0.2) is 4.98 Å². The molecular weight excluding hydrogens is 474 g/mol. The fourth-order valence-corrected chi connectivity index (χ4v) is 4.78. The first-order valence-corrected chi connectivity index (χ1v) is 12.5. The van der Waals surface area contributed by atoms with Gasteiger partial charge in [0.05, 0.1) is 63.3 Å². The fraction of sp³-hybridized carbons (Fsp3) is 0.444. The van der Waals surface area contributed by atoms with Gasteiger partial charge in [-0.15, -0.1) is 0 Å². The molecule has 10 nitrogen and oxygen atoms in total. The van der Waals surface area contributed by atoms with Crippen LogP contribution in [0.25, 0.3) is 22.9 Å². The molecule has 5 rings (SSSR count). The standard InChI is InChI=1S/C27H33N5O5/c1-17-15-36-10-8-31(17)26-22-6-5-21(13-23(34)19-4-7-24(35-3)20(12-19)14-33)28-25(22)29-27(30-26)32-9-11-37-16-18(32)2/h4-7,12-13,17-18,33-34H,8-11,14-16H2,1-3H3/b23-13-/t17-,18-/m0/s1. The Bertz CT molecular complexity index is 1300. The Morgan fingerprint density at radius 2 is 1.76 bits per heavy atom. The molecule has 2 saturated heterocycles. The van der Waals surface area contributed by atoms with Crippen LogP contribution in [0.5, 0.6) is 5.75 Å². The van der Waals surface area contributed by atoms with Gasteiger partial charge in [0.25, 0.3) is 0 Å². The van der Waals surface area contributed by atoms with Crippen molar-refractivity contribution in [2.24, 2.45) is 0 Å².